The Morgan fingerprint density at radius 2 is 2.07 bits per heavy atom. The van der Waals surface area contributed by atoms with E-state index in [0.29, 0.717) is 0 Å². The van der Waals surface area contributed by atoms with Crippen LogP contribution < -0.4 is 17.0 Å². The molecule has 76 valence electrons. The van der Waals surface area contributed by atoms with Crippen LogP contribution in [0.4, 0.5) is 5.82 Å². The fourth-order valence-electron chi connectivity index (χ4n) is 1.06. The summed E-state index contributed by atoms with van der Waals surface area (Å²) in [5.41, 5.74) is 4.25. The van der Waals surface area contributed by atoms with E-state index in [0.717, 1.165) is 15.2 Å². The monoisotopic (exact) mass is 197 g/mol. The third-order valence-corrected chi connectivity index (χ3v) is 1.82. The Morgan fingerprint density at radius 3 is 2.57 bits per heavy atom. The molecule has 1 heterocycles. The van der Waals surface area contributed by atoms with Crippen LogP contribution in [0.1, 0.15) is 6.92 Å². The van der Waals surface area contributed by atoms with Crippen LogP contribution in [0.3, 0.4) is 0 Å². The molecule has 1 aromatic heterocycles. The largest absolute Gasteiger partial charge is 0.385 e. The summed E-state index contributed by atoms with van der Waals surface area (Å²) in [4.78, 5) is 33.5. The minimum Gasteiger partial charge on any atom is -0.385 e. The average Bonchev–Trinajstić information content (AvgIpc) is 2.09. The number of hydrogen-bond acceptors (Lipinski definition) is 4. The topological polar surface area (TPSA) is 87.1 Å². The van der Waals surface area contributed by atoms with E-state index in [-0.39, 0.29) is 18.1 Å². The molecule has 0 saturated carbocycles. The summed E-state index contributed by atoms with van der Waals surface area (Å²) in [5, 5.41) is 0. The van der Waals surface area contributed by atoms with Crippen LogP contribution in [0, 0.1) is 0 Å². The Balaban J connectivity index is 3.45. The molecular formula is C8H11N3O3. The summed E-state index contributed by atoms with van der Waals surface area (Å²) in [5.74, 6) is -0.172. The molecule has 0 atom stereocenters. The normalized spacial score (nSPS) is 10.1. The first-order chi connectivity index (χ1) is 6.43. The zero-order valence-electron chi connectivity index (χ0n) is 7.98. The predicted octanol–water partition coefficient (Wildman–Crippen LogP) is -1.28. The van der Waals surface area contributed by atoms with Gasteiger partial charge in [0.25, 0.3) is 5.56 Å². The highest BCUT2D eigenvalue weighted by Gasteiger charge is 2.07. The van der Waals surface area contributed by atoms with Gasteiger partial charge < -0.3 is 5.73 Å². The van der Waals surface area contributed by atoms with Gasteiger partial charge in [0.15, 0.2) is 0 Å². The van der Waals surface area contributed by atoms with E-state index in [2.05, 4.69) is 0 Å². The van der Waals surface area contributed by atoms with Crippen molar-refractivity contribution in [3.8, 4) is 0 Å². The minimum atomic E-state index is -0.579. The fraction of sp³-hybridized carbons (Fsp3) is 0.375. The smallest absolute Gasteiger partial charge is 0.332 e. The number of carbonyl (C=O) groups is 1. The Hall–Kier alpha value is -1.85. The molecule has 0 radical (unpaired) electrons. The van der Waals surface area contributed by atoms with Gasteiger partial charge in [0.1, 0.15) is 11.6 Å². The van der Waals surface area contributed by atoms with Gasteiger partial charge in [-0.2, -0.15) is 0 Å². The summed E-state index contributed by atoms with van der Waals surface area (Å²) in [6.07, 6.45) is 0. The van der Waals surface area contributed by atoms with Crippen molar-refractivity contribution in [3.63, 3.8) is 0 Å². The Kier molecular flexibility index (Phi) is 2.55. The predicted molar refractivity (Wildman–Crippen MR) is 51.0 cm³/mol. The molecule has 0 unspecified atom stereocenters. The molecule has 2 N–H and O–H groups in total. The molecule has 6 heteroatoms. The number of nitrogens with zero attached hydrogens (tertiary/aromatic N) is 2. The van der Waals surface area contributed by atoms with Crippen molar-refractivity contribution in [1.29, 1.82) is 0 Å². The van der Waals surface area contributed by atoms with E-state index in [4.69, 9.17) is 5.73 Å². The lowest BCUT2D eigenvalue weighted by molar-refractivity contribution is -0.117. The van der Waals surface area contributed by atoms with Crippen LogP contribution in [-0.4, -0.2) is 14.9 Å². The highest BCUT2D eigenvalue weighted by molar-refractivity contribution is 5.75. The van der Waals surface area contributed by atoms with Crippen molar-refractivity contribution < 1.29 is 4.79 Å². The summed E-state index contributed by atoms with van der Waals surface area (Å²) in [6, 6.07) is 1.12. The quantitative estimate of drug-likeness (QED) is 0.639. The molecule has 0 bridgehead atoms. The highest BCUT2D eigenvalue weighted by Crippen LogP contribution is 1.89. The first-order valence-electron chi connectivity index (χ1n) is 3.99. The number of anilines is 1. The lowest BCUT2D eigenvalue weighted by Gasteiger charge is -2.06. The molecule has 0 saturated heterocycles. The van der Waals surface area contributed by atoms with Crippen LogP contribution in [0.5, 0.6) is 0 Å². The first-order valence-corrected chi connectivity index (χ1v) is 3.99. The second kappa shape index (κ2) is 3.49. The van der Waals surface area contributed by atoms with E-state index in [1.54, 1.807) is 0 Å². The molecule has 0 aliphatic rings. The standard InChI is InChI=1S/C8H11N3O3/c1-5(12)4-11-7(13)3-6(9)10(2)8(11)14/h3H,4,9H2,1-2H3. The Bertz CT molecular complexity index is 484. The van der Waals surface area contributed by atoms with Gasteiger partial charge in [0, 0.05) is 13.1 Å². The number of ketones is 1. The summed E-state index contributed by atoms with van der Waals surface area (Å²) in [7, 11) is 1.44. The lowest BCUT2D eigenvalue weighted by atomic mass is 10.4. The van der Waals surface area contributed by atoms with E-state index in [1.165, 1.54) is 14.0 Å². The lowest BCUT2D eigenvalue weighted by Crippen LogP contribution is -2.40. The average molecular weight is 197 g/mol. The molecule has 0 aliphatic carbocycles. The first kappa shape index (κ1) is 10.2. The third-order valence-electron chi connectivity index (χ3n) is 1.82. The number of hydrogen-bond donors (Lipinski definition) is 1. The van der Waals surface area contributed by atoms with E-state index >= 15 is 0 Å². The molecule has 0 fully saturated rings. The third kappa shape index (κ3) is 1.73. The number of aromatic nitrogens is 2. The maximum atomic E-state index is 11.4. The molecule has 1 rings (SSSR count). The van der Waals surface area contributed by atoms with Gasteiger partial charge in [-0.05, 0) is 6.92 Å². The number of carbonyl (C=O) groups excluding carboxylic acids is 1. The van der Waals surface area contributed by atoms with E-state index < -0.39 is 11.2 Å². The van der Waals surface area contributed by atoms with Crippen LogP contribution in [0.15, 0.2) is 15.7 Å². The molecule has 0 amide bonds. The van der Waals surface area contributed by atoms with E-state index in [9.17, 15) is 14.4 Å². The summed E-state index contributed by atoms with van der Waals surface area (Å²) in [6.45, 7) is 1.09. The van der Waals surface area contributed by atoms with Crippen LogP contribution in [-0.2, 0) is 18.4 Å². The molecule has 1 aromatic rings. The number of rotatable bonds is 2. The van der Waals surface area contributed by atoms with Gasteiger partial charge in [-0.1, -0.05) is 0 Å². The van der Waals surface area contributed by atoms with Crippen molar-refractivity contribution in [3.05, 3.63) is 26.9 Å². The van der Waals surface area contributed by atoms with Crippen LogP contribution in [0.25, 0.3) is 0 Å². The molecule has 0 aromatic carbocycles. The molecule has 0 spiro atoms. The van der Waals surface area contributed by atoms with E-state index in [1.807, 2.05) is 0 Å². The number of nitrogen functional groups attached to an aromatic ring is 1. The SMILES string of the molecule is CC(=O)Cn1c(=O)cc(N)n(C)c1=O. The second-order valence-electron chi connectivity index (χ2n) is 3.04. The molecule has 6 nitrogen and oxygen atoms in total. The minimum absolute atomic E-state index is 0.0832. The van der Waals surface area contributed by atoms with Gasteiger partial charge >= 0.3 is 5.69 Å². The van der Waals surface area contributed by atoms with Crippen LogP contribution in [0.2, 0.25) is 0 Å². The van der Waals surface area contributed by atoms with Crippen molar-refractivity contribution in [2.75, 3.05) is 5.73 Å². The summed E-state index contributed by atoms with van der Waals surface area (Å²) < 4.78 is 1.96. The van der Waals surface area contributed by atoms with Gasteiger partial charge in [0.2, 0.25) is 0 Å². The van der Waals surface area contributed by atoms with Crippen LogP contribution >= 0.6 is 0 Å². The molecular weight excluding hydrogens is 186 g/mol. The van der Waals surface area contributed by atoms with Crippen molar-refractivity contribution in [2.24, 2.45) is 7.05 Å². The van der Waals surface area contributed by atoms with Gasteiger partial charge in [-0.3, -0.25) is 18.7 Å². The second-order valence-corrected chi connectivity index (χ2v) is 3.04. The zero-order chi connectivity index (χ0) is 10.9. The highest BCUT2D eigenvalue weighted by atomic mass is 16.2. The van der Waals surface area contributed by atoms with Gasteiger partial charge in [0.05, 0.1) is 6.54 Å². The zero-order valence-corrected chi connectivity index (χ0v) is 7.98. The maximum absolute atomic E-state index is 11.4. The fourth-order valence-corrected chi connectivity index (χ4v) is 1.06. The van der Waals surface area contributed by atoms with Crippen molar-refractivity contribution in [1.82, 2.24) is 9.13 Å². The molecule has 0 aliphatic heterocycles. The van der Waals surface area contributed by atoms with Gasteiger partial charge in [-0.15, -0.1) is 0 Å². The van der Waals surface area contributed by atoms with Crippen molar-refractivity contribution in [2.45, 2.75) is 13.5 Å². The number of Topliss-reactive ketones (excluding diaryl/α,β-unsaturated/α-hetero) is 1. The maximum Gasteiger partial charge on any atom is 0.332 e. The Morgan fingerprint density at radius 1 is 1.50 bits per heavy atom. The van der Waals surface area contributed by atoms with Gasteiger partial charge in [-0.25, -0.2) is 4.79 Å². The molecule has 14 heavy (non-hydrogen) atoms. The summed E-state index contributed by atoms with van der Waals surface area (Å²) >= 11 is 0. The number of nitrogens with two attached hydrogens (primary N) is 1. The Labute approximate surface area is 79.6 Å². The van der Waals surface area contributed by atoms with Crippen molar-refractivity contribution >= 4 is 11.6 Å².